The molecule has 0 rings (SSSR count). The van der Waals surface area contributed by atoms with E-state index in [4.69, 9.17) is 4.55 Å². The molecule has 2 unspecified atom stereocenters. The summed E-state index contributed by atoms with van der Waals surface area (Å²) in [6, 6.07) is 0. The molecule has 106 valence electrons. The zero-order valence-electron chi connectivity index (χ0n) is 11.3. The van der Waals surface area contributed by atoms with Crippen molar-refractivity contribution < 1.29 is 17.8 Å². The first-order valence-electron chi connectivity index (χ1n) is 5.60. The lowest BCUT2D eigenvalue weighted by molar-refractivity contribution is -0.117. The Kier molecular flexibility index (Phi) is 6.51. The van der Waals surface area contributed by atoms with Gasteiger partial charge in [0.2, 0.25) is 5.91 Å². The molecule has 6 nitrogen and oxygen atoms in total. The van der Waals surface area contributed by atoms with Crippen LogP contribution in [-0.4, -0.2) is 56.2 Å². The van der Waals surface area contributed by atoms with Crippen LogP contribution in [0.25, 0.3) is 0 Å². The Morgan fingerprint density at radius 2 is 1.94 bits per heavy atom. The van der Waals surface area contributed by atoms with E-state index in [9.17, 15) is 13.2 Å². The fraction of sp³-hybridized carbons (Fsp3) is 0.727. The Hall–Kier alpha value is -0.920. The third-order valence-corrected chi connectivity index (χ3v) is 3.97. The molecule has 1 amide bonds. The average Bonchev–Trinajstić information content (AvgIpc) is 2.20. The van der Waals surface area contributed by atoms with Gasteiger partial charge in [-0.15, -0.1) is 0 Å². The molecular formula is C11H22N2O4S. The molecule has 7 heteroatoms. The number of hydrogen-bond donors (Lipinski definition) is 2. The summed E-state index contributed by atoms with van der Waals surface area (Å²) < 4.78 is 31.3. The van der Waals surface area contributed by atoms with Gasteiger partial charge >= 0.3 is 0 Å². The Morgan fingerprint density at radius 1 is 1.44 bits per heavy atom. The highest BCUT2D eigenvalue weighted by Gasteiger charge is 2.28. The van der Waals surface area contributed by atoms with Gasteiger partial charge in [0, 0.05) is 24.6 Å². The molecule has 2 atom stereocenters. The van der Waals surface area contributed by atoms with Crippen molar-refractivity contribution in [1.29, 1.82) is 0 Å². The standard InChI is InChI=1S/C11H22N2O4S/c1-8(2)11(14)12-6-10(7-13(4)5)9(3)18(15,16)17/h9-10H,1,6-7H2,2-5H3,(H,12,14)(H,15,16,17). The lowest BCUT2D eigenvalue weighted by Gasteiger charge is -2.25. The SMILES string of the molecule is C=C(C)C(=O)NCC(CN(C)C)C(C)S(=O)(=O)O. The van der Waals surface area contributed by atoms with Crippen molar-refractivity contribution in [3.63, 3.8) is 0 Å². The monoisotopic (exact) mass is 278 g/mol. The van der Waals surface area contributed by atoms with E-state index < -0.39 is 21.3 Å². The van der Waals surface area contributed by atoms with Crippen molar-refractivity contribution in [2.75, 3.05) is 27.2 Å². The van der Waals surface area contributed by atoms with Crippen molar-refractivity contribution in [3.8, 4) is 0 Å². The first-order chi connectivity index (χ1) is 8.05. The van der Waals surface area contributed by atoms with Crippen molar-refractivity contribution in [2.24, 2.45) is 5.92 Å². The molecule has 0 aliphatic rings. The van der Waals surface area contributed by atoms with Crippen molar-refractivity contribution >= 4 is 16.0 Å². The molecular weight excluding hydrogens is 256 g/mol. The summed E-state index contributed by atoms with van der Waals surface area (Å²) in [6.45, 7) is 7.11. The van der Waals surface area contributed by atoms with Gasteiger partial charge in [0.25, 0.3) is 10.1 Å². The second kappa shape index (κ2) is 6.86. The highest BCUT2D eigenvalue weighted by Crippen LogP contribution is 2.12. The van der Waals surface area contributed by atoms with Crippen LogP contribution in [0.15, 0.2) is 12.2 Å². The summed E-state index contributed by atoms with van der Waals surface area (Å²) in [7, 11) is -0.524. The molecule has 0 saturated heterocycles. The van der Waals surface area contributed by atoms with Gasteiger partial charge in [0.05, 0.1) is 5.25 Å². The molecule has 18 heavy (non-hydrogen) atoms. The first-order valence-corrected chi connectivity index (χ1v) is 7.10. The summed E-state index contributed by atoms with van der Waals surface area (Å²) in [6.07, 6.45) is 0. The van der Waals surface area contributed by atoms with E-state index in [0.29, 0.717) is 12.1 Å². The number of nitrogens with one attached hydrogen (secondary N) is 1. The van der Waals surface area contributed by atoms with Crippen molar-refractivity contribution in [1.82, 2.24) is 10.2 Å². The van der Waals surface area contributed by atoms with E-state index in [2.05, 4.69) is 11.9 Å². The summed E-state index contributed by atoms with van der Waals surface area (Å²) in [5.41, 5.74) is 0.359. The van der Waals surface area contributed by atoms with Crippen molar-refractivity contribution in [3.05, 3.63) is 12.2 Å². The average molecular weight is 278 g/mol. The number of carbonyl (C=O) groups excluding carboxylic acids is 1. The lowest BCUT2D eigenvalue weighted by Crippen LogP contribution is -2.42. The quantitative estimate of drug-likeness (QED) is 0.511. The molecule has 0 aliphatic carbocycles. The molecule has 0 aromatic rings. The second-order valence-electron chi connectivity index (χ2n) is 4.73. The van der Waals surface area contributed by atoms with E-state index in [-0.39, 0.29) is 12.5 Å². The summed E-state index contributed by atoms with van der Waals surface area (Å²) in [4.78, 5) is 13.2. The lowest BCUT2D eigenvalue weighted by atomic mass is 10.1. The zero-order chi connectivity index (χ0) is 14.5. The fourth-order valence-electron chi connectivity index (χ4n) is 1.47. The van der Waals surface area contributed by atoms with Crippen molar-refractivity contribution in [2.45, 2.75) is 19.1 Å². The van der Waals surface area contributed by atoms with Crippen LogP contribution >= 0.6 is 0 Å². The smallest absolute Gasteiger partial charge is 0.267 e. The van der Waals surface area contributed by atoms with Gasteiger partial charge in [-0.05, 0) is 27.9 Å². The first kappa shape index (κ1) is 17.1. The molecule has 0 heterocycles. The predicted molar refractivity (Wildman–Crippen MR) is 70.9 cm³/mol. The largest absolute Gasteiger partial charge is 0.352 e. The van der Waals surface area contributed by atoms with E-state index in [1.165, 1.54) is 6.92 Å². The highest BCUT2D eigenvalue weighted by atomic mass is 32.2. The Balaban J connectivity index is 4.70. The zero-order valence-corrected chi connectivity index (χ0v) is 12.1. The molecule has 0 radical (unpaired) electrons. The number of nitrogens with zero attached hydrogens (tertiary/aromatic N) is 1. The van der Waals surface area contributed by atoms with Gasteiger partial charge in [-0.25, -0.2) is 0 Å². The van der Waals surface area contributed by atoms with Crippen LogP contribution in [0.4, 0.5) is 0 Å². The Morgan fingerprint density at radius 3 is 2.28 bits per heavy atom. The van der Waals surface area contributed by atoms with E-state index in [0.717, 1.165) is 0 Å². The van der Waals surface area contributed by atoms with Gasteiger partial charge < -0.3 is 10.2 Å². The molecule has 0 spiro atoms. The van der Waals surface area contributed by atoms with Gasteiger partial charge in [-0.2, -0.15) is 8.42 Å². The minimum absolute atomic E-state index is 0.171. The van der Waals surface area contributed by atoms with Crippen LogP contribution in [0.1, 0.15) is 13.8 Å². The van der Waals surface area contributed by atoms with Crippen LogP contribution < -0.4 is 5.32 Å². The summed E-state index contributed by atoms with van der Waals surface area (Å²) >= 11 is 0. The maximum absolute atomic E-state index is 11.4. The number of hydrogen-bond acceptors (Lipinski definition) is 4. The second-order valence-corrected chi connectivity index (χ2v) is 6.51. The van der Waals surface area contributed by atoms with Crippen LogP contribution in [0, 0.1) is 5.92 Å². The van der Waals surface area contributed by atoms with Crippen LogP contribution in [0.3, 0.4) is 0 Å². The minimum Gasteiger partial charge on any atom is -0.352 e. The van der Waals surface area contributed by atoms with E-state index in [1.807, 2.05) is 0 Å². The van der Waals surface area contributed by atoms with Crippen LogP contribution in [-0.2, 0) is 14.9 Å². The molecule has 0 fully saturated rings. The predicted octanol–water partition coefficient (Wildman–Crippen LogP) is 0.133. The van der Waals surface area contributed by atoms with Gasteiger partial charge in [0.15, 0.2) is 0 Å². The number of carbonyl (C=O) groups is 1. The minimum atomic E-state index is -4.12. The normalized spacial score (nSPS) is 15.2. The summed E-state index contributed by atoms with van der Waals surface area (Å²) in [5, 5.41) is 1.66. The fourth-order valence-corrected chi connectivity index (χ4v) is 2.13. The molecule has 0 bridgehead atoms. The maximum atomic E-state index is 11.4. The molecule has 2 N–H and O–H groups in total. The van der Waals surface area contributed by atoms with Crippen LogP contribution in [0.2, 0.25) is 0 Å². The van der Waals surface area contributed by atoms with Gasteiger partial charge in [-0.3, -0.25) is 9.35 Å². The molecule has 0 aromatic heterocycles. The number of rotatable bonds is 7. The van der Waals surface area contributed by atoms with Crippen LogP contribution in [0.5, 0.6) is 0 Å². The van der Waals surface area contributed by atoms with E-state index >= 15 is 0 Å². The molecule has 0 aromatic carbocycles. The molecule has 0 saturated carbocycles. The van der Waals surface area contributed by atoms with Gasteiger partial charge in [-0.1, -0.05) is 6.58 Å². The maximum Gasteiger partial charge on any atom is 0.267 e. The third-order valence-electron chi connectivity index (χ3n) is 2.65. The molecule has 0 aliphatic heterocycles. The Labute approximate surface area is 109 Å². The Bertz CT molecular complexity index is 403. The van der Waals surface area contributed by atoms with Gasteiger partial charge in [0.1, 0.15) is 0 Å². The topological polar surface area (TPSA) is 86.7 Å². The van der Waals surface area contributed by atoms with E-state index in [1.54, 1.807) is 25.9 Å². The summed E-state index contributed by atoms with van der Waals surface area (Å²) in [5.74, 6) is -0.709. The highest BCUT2D eigenvalue weighted by molar-refractivity contribution is 7.86. The number of amides is 1. The third kappa shape index (κ3) is 6.13.